The summed E-state index contributed by atoms with van der Waals surface area (Å²) in [4.78, 5) is 15.7. The number of hydrogen-bond acceptors (Lipinski definition) is 4. The van der Waals surface area contributed by atoms with E-state index < -0.39 is 0 Å². The molecule has 5 nitrogen and oxygen atoms in total. The van der Waals surface area contributed by atoms with E-state index >= 15 is 0 Å². The average Bonchev–Trinajstić information content (AvgIpc) is 3.16. The lowest BCUT2D eigenvalue weighted by Gasteiger charge is -2.01. The molecule has 0 amide bonds. The monoisotopic (exact) mass is 321 g/mol. The number of aromatic nitrogens is 1. The van der Waals surface area contributed by atoms with Gasteiger partial charge in [0.15, 0.2) is 5.76 Å². The summed E-state index contributed by atoms with van der Waals surface area (Å²) in [7, 11) is 3.20. The SMILES string of the molecule is COc1ccc2c(c1)O/C(=C\c1c[nH]c3ccc(OC)cc13)C2=O. The first kappa shape index (κ1) is 14.4. The van der Waals surface area contributed by atoms with Crippen molar-refractivity contribution < 1.29 is 19.0 Å². The Morgan fingerprint density at radius 1 is 1.04 bits per heavy atom. The zero-order chi connectivity index (χ0) is 16.7. The van der Waals surface area contributed by atoms with Crippen LogP contribution in [0.2, 0.25) is 0 Å². The number of ketones is 1. The summed E-state index contributed by atoms with van der Waals surface area (Å²) in [6, 6.07) is 10.9. The highest BCUT2D eigenvalue weighted by Gasteiger charge is 2.28. The second-order valence-corrected chi connectivity index (χ2v) is 5.46. The van der Waals surface area contributed by atoms with Crippen molar-refractivity contribution in [3.8, 4) is 17.2 Å². The number of rotatable bonds is 3. The highest BCUT2D eigenvalue weighted by Crippen LogP contribution is 2.35. The Morgan fingerprint density at radius 3 is 2.58 bits per heavy atom. The van der Waals surface area contributed by atoms with Crippen LogP contribution in [0.1, 0.15) is 15.9 Å². The van der Waals surface area contributed by atoms with Gasteiger partial charge in [0, 0.05) is 28.7 Å². The van der Waals surface area contributed by atoms with Crippen molar-refractivity contribution in [2.24, 2.45) is 0 Å². The average molecular weight is 321 g/mol. The standard InChI is InChI=1S/C19H15NO4/c1-22-12-4-6-16-15(8-12)11(10-20-16)7-18-19(21)14-5-3-13(23-2)9-17(14)24-18/h3-10,20H,1-2H3/b18-7-. The Balaban J connectivity index is 1.76. The topological polar surface area (TPSA) is 60.6 Å². The molecule has 0 bridgehead atoms. The van der Waals surface area contributed by atoms with Crippen molar-refractivity contribution in [2.45, 2.75) is 0 Å². The van der Waals surface area contributed by atoms with Crippen LogP contribution in [0, 0.1) is 0 Å². The molecule has 5 heteroatoms. The van der Waals surface area contributed by atoms with Crippen molar-refractivity contribution in [3.05, 3.63) is 59.5 Å². The molecule has 0 saturated heterocycles. The van der Waals surface area contributed by atoms with Gasteiger partial charge in [0.2, 0.25) is 5.78 Å². The number of allylic oxidation sites excluding steroid dienone is 1. The number of methoxy groups -OCH3 is 2. The lowest BCUT2D eigenvalue weighted by atomic mass is 10.1. The molecule has 4 rings (SSSR count). The molecule has 2 heterocycles. The van der Waals surface area contributed by atoms with Crippen LogP contribution >= 0.6 is 0 Å². The second-order valence-electron chi connectivity index (χ2n) is 5.46. The number of ether oxygens (including phenoxy) is 3. The van der Waals surface area contributed by atoms with E-state index in [-0.39, 0.29) is 5.78 Å². The molecular formula is C19H15NO4. The maximum absolute atomic E-state index is 12.5. The van der Waals surface area contributed by atoms with E-state index in [0.29, 0.717) is 22.8 Å². The molecular weight excluding hydrogens is 306 g/mol. The predicted molar refractivity (Wildman–Crippen MR) is 90.8 cm³/mol. The molecule has 1 aromatic heterocycles. The van der Waals surface area contributed by atoms with E-state index in [0.717, 1.165) is 22.2 Å². The Bertz CT molecular complexity index is 984. The van der Waals surface area contributed by atoms with Crippen molar-refractivity contribution in [3.63, 3.8) is 0 Å². The van der Waals surface area contributed by atoms with E-state index in [2.05, 4.69) is 4.98 Å². The van der Waals surface area contributed by atoms with Gasteiger partial charge in [-0.2, -0.15) is 0 Å². The van der Waals surface area contributed by atoms with Gasteiger partial charge in [-0.15, -0.1) is 0 Å². The summed E-state index contributed by atoms with van der Waals surface area (Å²) in [5.74, 6) is 2.09. The molecule has 0 fully saturated rings. The van der Waals surface area contributed by atoms with Gasteiger partial charge in [-0.1, -0.05) is 0 Å². The number of aromatic amines is 1. The lowest BCUT2D eigenvalue weighted by molar-refractivity contribution is 0.101. The number of benzene rings is 2. The molecule has 0 unspecified atom stereocenters. The summed E-state index contributed by atoms with van der Waals surface area (Å²) in [5.41, 5.74) is 2.37. The molecule has 0 spiro atoms. The maximum Gasteiger partial charge on any atom is 0.231 e. The third kappa shape index (κ3) is 2.22. The number of carbonyl (C=O) groups is 1. The fraction of sp³-hybridized carbons (Fsp3) is 0.105. The third-order valence-electron chi connectivity index (χ3n) is 4.08. The molecule has 0 atom stereocenters. The zero-order valence-electron chi connectivity index (χ0n) is 13.3. The summed E-state index contributed by atoms with van der Waals surface area (Å²) in [6.45, 7) is 0. The lowest BCUT2D eigenvalue weighted by Crippen LogP contribution is -1.97. The van der Waals surface area contributed by atoms with Crippen LogP contribution in [0.3, 0.4) is 0 Å². The zero-order valence-corrected chi connectivity index (χ0v) is 13.3. The molecule has 0 aliphatic carbocycles. The normalized spacial score (nSPS) is 14.8. The molecule has 120 valence electrons. The molecule has 3 aromatic rings. The summed E-state index contributed by atoms with van der Waals surface area (Å²) >= 11 is 0. The van der Waals surface area contributed by atoms with E-state index in [1.54, 1.807) is 38.5 Å². The summed E-state index contributed by atoms with van der Waals surface area (Å²) < 4.78 is 16.2. The highest BCUT2D eigenvalue weighted by molar-refractivity contribution is 6.15. The van der Waals surface area contributed by atoms with Gasteiger partial charge >= 0.3 is 0 Å². The van der Waals surface area contributed by atoms with Gasteiger partial charge in [0.05, 0.1) is 19.8 Å². The van der Waals surface area contributed by atoms with E-state index in [4.69, 9.17) is 14.2 Å². The quantitative estimate of drug-likeness (QED) is 0.745. The Labute approximate surface area is 138 Å². The molecule has 0 saturated carbocycles. The molecule has 1 aliphatic heterocycles. The predicted octanol–water partition coefficient (Wildman–Crippen LogP) is 3.80. The van der Waals surface area contributed by atoms with Crippen LogP contribution in [0.15, 0.2) is 48.4 Å². The summed E-state index contributed by atoms with van der Waals surface area (Å²) in [5, 5.41) is 0.965. The van der Waals surface area contributed by atoms with Gasteiger partial charge in [-0.05, 0) is 36.4 Å². The number of fused-ring (bicyclic) bond motifs is 2. The number of Topliss-reactive ketones (excluding diaryl/α,β-unsaturated/α-hetero) is 1. The second kappa shape index (κ2) is 5.45. The van der Waals surface area contributed by atoms with E-state index in [9.17, 15) is 4.79 Å². The van der Waals surface area contributed by atoms with Crippen molar-refractivity contribution in [2.75, 3.05) is 14.2 Å². The third-order valence-corrected chi connectivity index (χ3v) is 4.08. The van der Waals surface area contributed by atoms with Crippen LogP contribution in [0.4, 0.5) is 0 Å². The Kier molecular flexibility index (Phi) is 3.27. The Morgan fingerprint density at radius 2 is 1.79 bits per heavy atom. The summed E-state index contributed by atoms with van der Waals surface area (Å²) in [6.07, 6.45) is 3.59. The minimum atomic E-state index is -0.134. The molecule has 24 heavy (non-hydrogen) atoms. The van der Waals surface area contributed by atoms with Crippen LogP contribution in [-0.4, -0.2) is 25.0 Å². The molecule has 0 radical (unpaired) electrons. The van der Waals surface area contributed by atoms with Crippen molar-refractivity contribution in [1.29, 1.82) is 0 Å². The first-order chi connectivity index (χ1) is 11.7. The highest BCUT2D eigenvalue weighted by atomic mass is 16.5. The van der Waals surface area contributed by atoms with Crippen LogP contribution in [-0.2, 0) is 0 Å². The first-order valence-corrected chi connectivity index (χ1v) is 7.47. The van der Waals surface area contributed by atoms with Crippen molar-refractivity contribution >= 4 is 22.8 Å². The van der Waals surface area contributed by atoms with Crippen LogP contribution in [0.25, 0.3) is 17.0 Å². The van der Waals surface area contributed by atoms with Crippen molar-refractivity contribution in [1.82, 2.24) is 4.98 Å². The van der Waals surface area contributed by atoms with Crippen LogP contribution < -0.4 is 14.2 Å². The van der Waals surface area contributed by atoms with Crippen LogP contribution in [0.5, 0.6) is 17.2 Å². The number of nitrogens with one attached hydrogen (secondary N) is 1. The minimum Gasteiger partial charge on any atom is -0.497 e. The fourth-order valence-corrected chi connectivity index (χ4v) is 2.80. The van der Waals surface area contributed by atoms with Gasteiger partial charge < -0.3 is 19.2 Å². The fourth-order valence-electron chi connectivity index (χ4n) is 2.80. The van der Waals surface area contributed by atoms with E-state index in [1.165, 1.54) is 0 Å². The number of carbonyl (C=O) groups excluding carboxylic acids is 1. The number of H-pyrrole nitrogens is 1. The largest absolute Gasteiger partial charge is 0.497 e. The minimum absolute atomic E-state index is 0.134. The Hall–Kier alpha value is -3.21. The van der Waals surface area contributed by atoms with E-state index in [1.807, 2.05) is 24.4 Å². The molecule has 1 aliphatic rings. The van der Waals surface area contributed by atoms with Gasteiger partial charge in [-0.25, -0.2) is 0 Å². The number of hydrogen-bond donors (Lipinski definition) is 1. The smallest absolute Gasteiger partial charge is 0.231 e. The first-order valence-electron chi connectivity index (χ1n) is 7.47. The molecule has 2 aromatic carbocycles. The maximum atomic E-state index is 12.5. The molecule has 1 N–H and O–H groups in total. The van der Waals surface area contributed by atoms with Gasteiger partial charge in [0.25, 0.3) is 0 Å². The van der Waals surface area contributed by atoms with Gasteiger partial charge in [0.1, 0.15) is 17.2 Å². The van der Waals surface area contributed by atoms with Gasteiger partial charge in [-0.3, -0.25) is 4.79 Å².